The number of hydrogen-bond acceptors (Lipinski definition) is 3. The van der Waals surface area contributed by atoms with Crippen LogP contribution >= 0.6 is 11.6 Å². The number of carbonyl (C=O) groups is 1. The fourth-order valence-electron chi connectivity index (χ4n) is 1.90. The third-order valence-corrected chi connectivity index (χ3v) is 3.24. The van der Waals surface area contributed by atoms with Gasteiger partial charge in [0.15, 0.2) is 0 Å². The number of amides is 1. The van der Waals surface area contributed by atoms with Crippen molar-refractivity contribution in [3.63, 3.8) is 0 Å². The van der Waals surface area contributed by atoms with Crippen LogP contribution in [0.15, 0.2) is 23.8 Å². The Hall–Kier alpha value is -1.52. The lowest BCUT2D eigenvalue weighted by Gasteiger charge is -2.22. The maximum atomic E-state index is 12.2. The number of carbonyl (C=O) groups excluding carboxylic acids is 1. The first-order valence-electron chi connectivity index (χ1n) is 6.15. The number of rotatable bonds is 4. The SMILES string of the molecule is CNCCN(C)C(=O)C1=Cc2cc(Cl)ccc2OC1. The van der Waals surface area contributed by atoms with Crippen molar-refractivity contribution in [3.8, 4) is 5.75 Å². The molecule has 1 aromatic carbocycles. The van der Waals surface area contributed by atoms with E-state index in [0.717, 1.165) is 17.9 Å². The van der Waals surface area contributed by atoms with E-state index in [-0.39, 0.29) is 5.91 Å². The van der Waals surface area contributed by atoms with Gasteiger partial charge in [-0.3, -0.25) is 4.79 Å². The zero-order valence-corrected chi connectivity index (χ0v) is 11.8. The van der Waals surface area contributed by atoms with Crippen LogP contribution in [0.1, 0.15) is 5.56 Å². The minimum atomic E-state index is -0.0131. The second-order valence-corrected chi connectivity index (χ2v) is 4.91. The predicted octanol–water partition coefficient (Wildman–Crippen LogP) is 1.79. The van der Waals surface area contributed by atoms with E-state index >= 15 is 0 Å². The summed E-state index contributed by atoms with van der Waals surface area (Å²) in [7, 11) is 3.65. The molecule has 1 aromatic rings. The van der Waals surface area contributed by atoms with Crippen molar-refractivity contribution < 1.29 is 9.53 Å². The highest BCUT2D eigenvalue weighted by molar-refractivity contribution is 6.30. The topological polar surface area (TPSA) is 41.6 Å². The van der Waals surface area contributed by atoms with Gasteiger partial charge >= 0.3 is 0 Å². The Morgan fingerprint density at radius 3 is 3.05 bits per heavy atom. The molecule has 0 unspecified atom stereocenters. The molecule has 2 rings (SSSR count). The quantitative estimate of drug-likeness (QED) is 0.914. The van der Waals surface area contributed by atoms with Crippen molar-refractivity contribution in [1.29, 1.82) is 0 Å². The first-order chi connectivity index (χ1) is 9.11. The van der Waals surface area contributed by atoms with Crippen LogP contribution in [0.25, 0.3) is 6.08 Å². The monoisotopic (exact) mass is 280 g/mol. The van der Waals surface area contributed by atoms with E-state index in [0.29, 0.717) is 23.7 Å². The predicted molar refractivity (Wildman–Crippen MR) is 76.5 cm³/mol. The Labute approximate surface area is 118 Å². The zero-order chi connectivity index (χ0) is 13.8. The molecule has 1 aliphatic rings. The highest BCUT2D eigenvalue weighted by Gasteiger charge is 2.20. The van der Waals surface area contributed by atoms with Gasteiger partial charge in [-0.15, -0.1) is 0 Å². The summed E-state index contributed by atoms with van der Waals surface area (Å²) in [5, 5.41) is 3.65. The molecule has 0 aliphatic carbocycles. The summed E-state index contributed by atoms with van der Waals surface area (Å²) in [6, 6.07) is 5.40. The molecule has 4 nitrogen and oxygen atoms in total. The Balaban J connectivity index is 2.16. The highest BCUT2D eigenvalue weighted by atomic mass is 35.5. The Morgan fingerprint density at radius 1 is 1.53 bits per heavy atom. The molecule has 1 aliphatic heterocycles. The number of hydrogen-bond donors (Lipinski definition) is 1. The first-order valence-corrected chi connectivity index (χ1v) is 6.52. The maximum Gasteiger partial charge on any atom is 0.253 e. The van der Waals surface area contributed by atoms with Crippen molar-refractivity contribution in [2.24, 2.45) is 0 Å². The summed E-state index contributed by atoms with van der Waals surface area (Å²) in [5.41, 5.74) is 1.50. The number of benzene rings is 1. The van der Waals surface area contributed by atoms with Gasteiger partial charge in [-0.05, 0) is 31.3 Å². The molecule has 1 amide bonds. The van der Waals surface area contributed by atoms with Crippen LogP contribution in [0, 0.1) is 0 Å². The first kappa shape index (κ1) is 13.9. The average molecular weight is 281 g/mol. The lowest BCUT2D eigenvalue weighted by molar-refractivity contribution is -0.126. The highest BCUT2D eigenvalue weighted by Crippen LogP contribution is 2.29. The molecule has 0 atom stereocenters. The largest absolute Gasteiger partial charge is 0.488 e. The lowest BCUT2D eigenvalue weighted by Crippen LogP contribution is -2.35. The van der Waals surface area contributed by atoms with Crippen LogP contribution < -0.4 is 10.1 Å². The number of fused-ring (bicyclic) bond motifs is 1. The molecule has 0 bridgehead atoms. The smallest absolute Gasteiger partial charge is 0.253 e. The Morgan fingerprint density at radius 2 is 2.32 bits per heavy atom. The number of likely N-dealkylation sites (N-methyl/N-ethyl adjacent to an activating group) is 2. The van der Waals surface area contributed by atoms with E-state index in [9.17, 15) is 4.79 Å². The van der Waals surface area contributed by atoms with E-state index < -0.39 is 0 Å². The molecule has 0 spiro atoms. The third-order valence-electron chi connectivity index (χ3n) is 3.00. The molecular formula is C14H17ClN2O2. The molecule has 0 aromatic heterocycles. The summed E-state index contributed by atoms with van der Waals surface area (Å²) in [6.45, 7) is 1.73. The van der Waals surface area contributed by atoms with Crippen LogP contribution in [0.3, 0.4) is 0 Å². The number of nitrogens with one attached hydrogen (secondary N) is 1. The molecular weight excluding hydrogens is 264 g/mol. The second-order valence-electron chi connectivity index (χ2n) is 4.47. The van der Waals surface area contributed by atoms with E-state index in [1.54, 1.807) is 24.1 Å². The maximum absolute atomic E-state index is 12.2. The molecule has 5 heteroatoms. The van der Waals surface area contributed by atoms with Gasteiger partial charge in [-0.1, -0.05) is 11.6 Å². The van der Waals surface area contributed by atoms with Gasteiger partial charge in [0.2, 0.25) is 0 Å². The third kappa shape index (κ3) is 3.28. The lowest BCUT2D eigenvalue weighted by atomic mass is 10.1. The van der Waals surface area contributed by atoms with Crippen LogP contribution in [-0.2, 0) is 4.79 Å². The van der Waals surface area contributed by atoms with Crippen LogP contribution in [-0.4, -0.2) is 44.6 Å². The molecule has 1 N–H and O–H groups in total. The van der Waals surface area contributed by atoms with Gasteiger partial charge in [0, 0.05) is 30.7 Å². The van der Waals surface area contributed by atoms with E-state index in [1.165, 1.54) is 0 Å². The van der Waals surface area contributed by atoms with Gasteiger partial charge < -0.3 is 15.0 Å². The van der Waals surface area contributed by atoms with Crippen LogP contribution in [0.4, 0.5) is 0 Å². The van der Waals surface area contributed by atoms with Crippen LogP contribution in [0.5, 0.6) is 5.75 Å². The van der Waals surface area contributed by atoms with Gasteiger partial charge in [-0.25, -0.2) is 0 Å². The molecule has 0 radical (unpaired) electrons. The standard InChI is InChI=1S/C14H17ClN2O2/c1-16-5-6-17(2)14(18)11-7-10-8-12(15)3-4-13(10)19-9-11/h3-4,7-8,16H,5-6,9H2,1-2H3. The second kappa shape index (κ2) is 6.08. The summed E-state index contributed by atoms with van der Waals surface area (Å²) in [6.07, 6.45) is 1.85. The summed E-state index contributed by atoms with van der Waals surface area (Å²) < 4.78 is 5.58. The Bertz CT molecular complexity index is 514. The van der Waals surface area contributed by atoms with Crippen molar-refractivity contribution in [3.05, 3.63) is 34.4 Å². The van der Waals surface area contributed by atoms with Gasteiger partial charge in [0.05, 0.1) is 5.57 Å². The van der Waals surface area contributed by atoms with Crippen molar-refractivity contribution in [2.45, 2.75) is 0 Å². The van der Waals surface area contributed by atoms with Crippen molar-refractivity contribution >= 4 is 23.6 Å². The zero-order valence-electron chi connectivity index (χ0n) is 11.1. The summed E-state index contributed by atoms with van der Waals surface area (Å²) in [5.74, 6) is 0.750. The van der Waals surface area contributed by atoms with Crippen molar-refractivity contribution in [1.82, 2.24) is 10.2 Å². The number of nitrogens with zero attached hydrogens (tertiary/aromatic N) is 1. The molecule has 102 valence electrons. The number of halogens is 1. The van der Waals surface area contributed by atoms with Gasteiger partial charge in [0.25, 0.3) is 5.91 Å². The molecule has 0 saturated heterocycles. The van der Waals surface area contributed by atoms with Crippen LogP contribution in [0.2, 0.25) is 5.02 Å². The fourth-order valence-corrected chi connectivity index (χ4v) is 2.08. The summed E-state index contributed by atoms with van der Waals surface area (Å²) in [4.78, 5) is 13.9. The Kier molecular flexibility index (Phi) is 4.45. The van der Waals surface area contributed by atoms with E-state index in [1.807, 2.05) is 19.2 Å². The fraction of sp³-hybridized carbons (Fsp3) is 0.357. The van der Waals surface area contributed by atoms with Gasteiger partial charge in [-0.2, -0.15) is 0 Å². The normalized spacial score (nSPS) is 13.3. The van der Waals surface area contributed by atoms with E-state index in [2.05, 4.69) is 5.32 Å². The molecule has 0 fully saturated rings. The minimum Gasteiger partial charge on any atom is -0.488 e. The minimum absolute atomic E-state index is 0.0131. The number of ether oxygens (including phenoxy) is 1. The average Bonchev–Trinajstić information content (AvgIpc) is 2.43. The van der Waals surface area contributed by atoms with Crippen molar-refractivity contribution in [2.75, 3.05) is 33.8 Å². The van der Waals surface area contributed by atoms with E-state index in [4.69, 9.17) is 16.3 Å². The molecule has 19 heavy (non-hydrogen) atoms. The van der Waals surface area contributed by atoms with Gasteiger partial charge in [0.1, 0.15) is 12.4 Å². The summed E-state index contributed by atoms with van der Waals surface area (Å²) >= 11 is 5.95. The molecule has 1 heterocycles. The molecule has 0 saturated carbocycles.